The minimum Gasteiger partial charge on any atom is -0.459 e. The summed E-state index contributed by atoms with van der Waals surface area (Å²) in [4.78, 5) is 22.9. The molecule has 0 unspecified atom stereocenters. The van der Waals surface area contributed by atoms with E-state index < -0.39 is 5.97 Å². The normalized spacial score (nSPS) is 19.6. The summed E-state index contributed by atoms with van der Waals surface area (Å²) in [7, 11) is 0. The zero-order chi connectivity index (χ0) is 19.2. The van der Waals surface area contributed by atoms with E-state index in [-0.39, 0.29) is 24.6 Å². The van der Waals surface area contributed by atoms with E-state index in [4.69, 9.17) is 26.0 Å². The molecule has 7 heteroatoms. The molecule has 0 aliphatic heterocycles. The van der Waals surface area contributed by atoms with Crippen LogP contribution in [0.1, 0.15) is 41.6 Å². The van der Waals surface area contributed by atoms with Crippen LogP contribution in [0.3, 0.4) is 0 Å². The molecule has 3 rings (SSSR count). The van der Waals surface area contributed by atoms with Gasteiger partial charge < -0.3 is 16.2 Å². The van der Waals surface area contributed by atoms with E-state index in [2.05, 4.69) is 0 Å². The van der Waals surface area contributed by atoms with Crippen LogP contribution in [-0.4, -0.2) is 18.2 Å². The Morgan fingerprint density at radius 2 is 1.56 bits per heavy atom. The van der Waals surface area contributed by atoms with Crippen molar-refractivity contribution in [2.45, 2.75) is 44.5 Å². The number of hydrogen-bond donors (Lipinski definition) is 2. The van der Waals surface area contributed by atoms with Crippen molar-refractivity contribution >= 4 is 17.3 Å². The Labute approximate surface area is 157 Å². The lowest BCUT2D eigenvalue weighted by atomic mass is 9.95. The van der Waals surface area contributed by atoms with E-state index in [1.54, 1.807) is 30.3 Å². The molecule has 2 aromatic rings. The van der Waals surface area contributed by atoms with Crippen LogP contribution in [0.4, 0.5) is 15.8 Å². The maximum Gasteiger partial charge on any atom is 0.338 e. The number of benzene rings is 2. The van der Waals surface area contributed by atoms with Gasteiger partial charge in [-0.25, -0.2) is 19.0 Å². The van der Waals surface area contributed by atoms with Gasteiger partial charge in [0.15, 0.2) is 0 Å². The lowest BCUT2D eigenvalue weighted by molar-refractivity contribution is -0.338. The summed E-state index contributed by atoms with van der Waals surface area (Å²) in [5.41, 5.74) is 13.5. The number of nitrogens with two attached hydrogens (primary N) is 2. The average Bonchev–Trinajstić information content (AvgIpc) is 2.64. The summed E-state index contributed by atoms with van der Waals surface area (Å²) in [5.74, 6) is -0.709. The van der Waals surface area contributed by atoms with Crippen molar-refractivity contribution in [2.24, 2.45) is 0 Å². The second kappa shape index (κ2) is 8.83. The lowest BCUT2D eigenvalue weighted by Crippen LogP contribution is -2.28. The fraction of sp³-hybridized carbons (Fsp3) is 0.350. The third kappa shape index (κ3) is 5.67. The number of esters is 1. The highest BCUT2D eigenvalue weighted by Crippen LogP contribution is 2.25. The van der Waals surface area contributed by atoms with Gasteiger partial charge in [-0.1, -0.05) is 12.1 Å². The van der Waals surface area contributed by atoms with E-state index in [1.807, 2.05) is 0 Å². The van der Waals surface area contributed by atoms with Crippen molar-refractivity contribution in [2.75, 3.05) is 11.5 Å². The molecule has 0 amide bonds. The molecular weight excluding hydrogens is 351 g/mol. The molecule has 0 heterocycles. The fourth-order valence-electron chi connectivity index (χ4n) is 3.04. The summed E-state index contributed by atoms with van der Waals surface area (Å²) in [6.07, 6.45) is 2.60. The Morgan fingerprint density at radius 3 is 2.19 bits per heavy atom. The quantitative estimate of drug-likeness (QED) is 0.347. The first-order chi connectivity index (χ1) is 13.0. The number of nitrogen functional groups attached to an aromatic ring is 2. The minimum absolute atomic E-state index is 0.0524. The number of halogens is 1. The van der Waals surface area contributed by atoms with Gasteiger partial charge >= 0.3 is 5.97 Å². The third-order valence-electron chi connectivity index (χ3n) is 4.45. The van der Waals surface area contributed by atoms with Gasteiger partial charge in [-0.3, -0.25) is 0 Å². The van der Waals surface area contributed by atoms with Crippen molar-refractivity contribution in [3.05, 3.63) is 59.4 Å². The van der Waals surface area contributed by atoms with Crippen molar-refractivity contribution in [1.82, 2.24) is 0 Å². The molecule has 0 radical (unpaired) electrons. The predicted molar refractivity (Wildman–Crippen MR) is 99.0 cm³/mol. The molecule has 1 fully saturated rings. The Kier molecular flexibility index (Phi) is 6.26. The molecule has 4 N–H and O–H groups in total. The second-order valence-corrected chi connectivity index (χ2v) is 6.68. The Hall–Kier alpha value is -2.64. The van der Waals surface area contributed by atoms with E-state index >= 15 is 0 Å². The number of anilines is 2. The summed E-state index contributed by atoms with van der Waals surface area (Å²) < 4.78 is 18.4. The molecule has 6 nitrogen and oxygen atoms in total. The minimum atomic E-state index is -0.425. The summed E-state index contributed by atoms with van der Waals surface area (Å²) in [6, 6.07) is 10.8. The molecule has 1 aliphatic carbocycles. The highest BCUT2D eigenvalue weighted by molar-refractivity contribution is 5.91. The SMILES string of the molecule is Nc1cc(N)cc(C(=O)OC2CCC(OOCc3ccc(F)cc3)CC2)c1. The van der Waals surface area contributed by atoms with Crippen LogP contribution in [0.15, 0.2) is 42.5 Å². The largest absolute Gasteiger partial charge is 0.459 e. The fourth-order valence-corrected chi connectivity index (χ4v) is 3.04. The lowest BCUT2D eigenvalue weighted by Gasteiger charge is -2.27. The molecule has 0 aromatic heterocycles. The second-order valence-electron chi connectivity index (χ2n) is 6.68. The summed E-state index contributed by atoms with van der Waals surface area (Å²) >= 11 is 0. The Bertz CT molecular complexity index is 754. The van der Waals surface area contributed by atoms with Crippen LogP contribution >= 0.6 is 0 Å². The van der Waals surface area contributed by atoms with Gasteiger partial charge in [-0.15, -0.1) is 0 Å². The third-order valence-corrected chi connectivity index (χ3v) is 4.45. The maximum absolute atomic E-state index is 12.9. The Morgan fingerprint density at radius 1 is 0.963 bits per heavy atom. The number of rotatable bonds is 6. The monoisotopic (exact) mass is 374 g/mol. The van der Waals surface area contributed by atoms with Crippen molar-refractivity contribution in [3.63, 3.8) is 0 Å². The first kappa shape index (κ1) is 19.1. The molecule has 0 atom stereocenters. The number of hydrogen-bond acceptors (Lipinski definition) is 6. The molecule has 0 spiro atoms. The van der Waals surface area contributed by atoms with Gasteiger partial charge in [0.2, 0.25) is 0 Å². The number of carbonyl (C=O) groups excluding carboxylic acids is 1. The van der Waals surface area contributed by atoms with E-state index in [0.29, 0.717) is 29.8 Å². The highest BCUT2D eigenvalue weighted by Gasteiger charge is 2.25. The first-order valence-electron chi connectivity index (χ1n) is 8.89. The number of ether oxygens (including phenoxy) is 1. The van der Waals surface area contributed by atoms with Crippen LogP contribution in [0.5, 0.6) is 0 Å². The van der Waals surface area contributed by atoms with Crippen molar-refractivity contribution < 1.29 is 23.7 Å². The van der Waals surface area contributed by atoms with Gasteiger partial charge in [-0.2, -0.15) is 0 Å². The van der Waals surface area contributed by atoms with E-state index in [1.165, 1.54) is 12.1 Å². The predicted octanol–water partition coefficient (Wildman–Crippen LogP) is 3.61. The van der Waals surface area contributed by atoms with E-state index in [9.17, 15) is 9.18 Å². The van der Waals surface area contributed by atoms with Crippen LogP contribution in [0, 0.1) is 5.82 Å². The molecule has 2 aromatic carbocycles. The first-order valence-corrected chi connectivity index (χ1v) is 8.89. The van der Waals surface area contributed by atoms with Crippen LogP contribution < -0.4 is 11.5 Å². The van der Waals surface area contributed by atoms with Crippen LogP contribution in [0.25, 0.3) is 0 Å². The van der Waals surface area contributed by atoms with Crippen molar-refractivity contribution in [1.29, 1.82) is 0 Å². The van der Waals surface area contributed by atoms with Crippen molar-refractivity contribution in [3.8, 4) is 0 Å². The zero-order valence-corrected chi connectivity index (χ0v) is 14.9. The van der Waals surface area contributed by atoms with Gasteiger partial charge in [0.1, 0.15) is 18.5 Å². The standard InChI is InChI=1S/C20H23FN2O4/c21-15-3-1-13(2-4-15)12-25-27-19-7-5-18(6-8-19)26-20(24)14-9-16(22)11-17(23)10-14/h1-4,9-11,18-19H,5-8,12,22-23H2. The highest BCUT2D eigenvalue weighted by atomic mass is 19.1. The Balaban J connectivity index is 1.39. The van der Waals surface area contributed by atoms with E-state index in [0.717, 1.165) is 18.4 Å². The smallest absolute Gasteiger partial charge is 0.338 e. The summed E-state index contributed by atoms with van der Waals surface area (Å²) in [5, 5.41) is 0. The van der Waals surface area contributed by atoms with Crippen LogP contribution in [0.2, 0.25) is 0 Å². The molecule has 1 aliphatic rings. The molecular formula is C20H23FN2O4. The van der Waals surface area contributed by atoms with Gasteiger partial charge in [0, 0.05) is 11.4 Å². The molecule has 27 heavy (non-hydrogen) atoms. The number of carbonyl (C=O) groups is 1. The zero-order valence-electron chi connectivity index (χ0n) is 14.9. The molecule has 1 saturated carbocycles. The average molecular weight is 374 g/mol. The van der Waals surface area contributed by atoms with Crippen LogP contribution in [-0.2, 0) is 21.1 Å². The van der Waals surface area contributed by atoms with Gasteiger partial charge in [0.25, 0.3) is 0 Å². The maximum atomic E-state index is 12.9. The van der Waals surface area contributed by atoms with Gasteiger partial charge in [-0.05, 0) is 61.6 Å². The molecule has 0 bridgehead atoms. The topological polar surface area (TPSA) is 96.8 Å². The molecule has 144 valence electrons. The molecule has 0 saturated heterocycles. The summed E-state index contributed by atoms with van der Waals surface area (Å²) in [6.45, 7) is 0.256. The van der Waals surface area contributed by atoms with Gasteiger partial charge in [0.05, 0.1) is 11.7 Å².